The van der Waals surface area contributed by atoms with E-state index in [1.807, 2.05) is 52.0 Å². The Morgan fingerprint density at radius 1 is 0.938 bits per heavy atom. The number of fused-ring (bicyclic) bond motifs is 1. The number of carbonyl (C=O) groups is 2. The van der Waals surface area contributed by atoms with E-state index in [4.69, 9.17) is 14.5 Å². The maximum atomic E-state index is 13.2. The van der Waals surface area contributed by atoms with E-state index < -0.39 is 11.9 Å². The first-order chi connectivity index (χ1) is 15.2. The molecule has 6 nitrogen and oxygen atoms in total. The normalized spacial score (nSPS) is 11.4. The first-order valence-corrected chi connectivity index (χ1v) is 11.7. The molecule has 0 fully saturated rings. The van der Waals surface area contributed by atoms with Crippen LogP contribution in [0.15, 0.2) is 28.7 Å². The summed E-state index contributed by atoms with van der Waals surface area (Å²) in [5, 5.41) is 0.960. The number of nitrogens with zero attached hydrogens (tertiary/aromatic N) is 1. The fourth-order valence-electron chi connectivity index (χ4n) is 3.78. The lowest BCUT2D eigenvalue weighted by atomic mass is 9.89. The third-order valence-electron chi connectivity index (χ3n) is 5.16. The van der Waals surface area contributed by atoms with Gasteiger partial charge < -0.3 is 14.5 Å². The van der Waals surface area contributed by atoms with Gasteiger partial charge in [-0.1, -0.05) is 49.7 Å². The van der Waals surface area contributed by atoms with Crippen LogP contribution in [0.25, 0.3) is 22.2 Å². The molecule has 7 heteroatoms. The number of pyridine rings is 1. The SMILES string of the molecule is CCOC(=O)c1c(C(C)C)nc(C(C)C)c(C(=O)OCC)c1-c1cc2ccc(Br)cc2[nH]1. The lowest BCUT2D eigenvalue weighted by Crippen LogP contribution is -2.21. The van der Waals surface area contributed by atoms with Crippen molar-refractivity contribution in [2.45, 2.75) is 53.4 Å². The quantitative estimate of drug-likeness (QED) is 0.369. The maximum Gasteiger partial charge on any atom is 0.340 e. The van der Waals surface area contributed by atoms with Crippen molar-refractivity contribution in [2.24, 2.45) is 0 Å². The largest absolute Gasteiger partial charge is 0.462 e. The number of rotatable bonds is 7. The summed E-state index contributed by atoms with van der Waals surface area (Å²) < 4.78 is 11.8. The number of aromatic nitrogens is 2. The standard InChI is InChI=1S/C25H29BrN2O4/c1-7-31-24(29)20-19(18-11-15-9-10-16(26)12-17(15)27-18)21(25(30)32-8-2)23(14(5)6)28-22(20)13(3)4/h9-14,27H,7-8H2,1-6H3. The number of H-pyrrole nitrogens is 1. The van der Waals surface area contributed by atoms with Crippen LogP contribution in [0.3, 0.4) is 0 Å². The van der Waals surface area contributed by atoms with Gasteiger partial charge in [-0.2, -0.15) is 0 Å². The van der Waals surface area contributed by atoms with Crippen molar-refractivity contribution < 1.29 is 19.1 Å². The predicted octanol–water partition coefficient (Wildman–Crippen LogP) is 6.59. The maximum absolute atomic E-state index is 13.2. The molecule has 0 saturated carbocycles. The van der Waals surface area contributed by atoms with Gasteiger partial charge in [-0.15, -0.1) is 0 Å². The van der Waals surface area contributed by atoms with E-state index in [2.05, 4.69) is 20.9 Å². The average molecular weight is 501 g/mol. The van der Waals surface area contributed by atoms with Crippen molar-refractivity contribution in [1.82, 2.24) is 9.97 Å². The zero-order valence-electron chi connectivity index (χ0n) is 19.3. The van der Waals surface area contributed by atoms with E-state index in [0.717, 1.165) is 15.4 Å². The highest BCUT2D eigenvalue weighted by molar-refractivity contribution is 9.10. The number of nitrogens with one attached hydrogen (secondary N) is 1. The molecule has 0 aliphatic rings. The number of hydrogen-bond donors (Lipinski definition) is 1. The molecule has 0 radical (unpaired) electrons. The Labute approximate surface area is 196 Å². The molecule has 170 valence electrons. The fraction of sp³-hybridized carbons (Fsp3) is 0.400. The van der Waals surface area contributed by atoms with E-state index in [-0.39, 0.29) is 25.0 Å². The number of halogens is 1. The zero-order valence-corrected chi connectivity index (χ0v) is 20.9. The van der Waals surface area contributed by atoms with E-state index in [0.29, 0.717) is 33.8 Å². The summed E-state index contributed by atoms with van der Waals surface area (Å²) >= 11 is 3.50. The summed E-state index contributed by atoms with van der Waals surface area (Å²) in [6.07, 6.45) is 0. The van der Waals surface area contributed by atoms with Crippen LogP contribution in [0, 0.1) is 0 Å². The van der Waals surface area contributed by atoms with Crippen molar-refractivity contribution in [2.75, 3.05) is 13.2 Å². The molecule has 32 heavy (non-hydrogen) atoms. The monoisotopic (exact) mass is 500 g/mol. The van der Waals surface area contributed by atoms with E-state index in [1.165, 1.54) is 0 Å². The predicted molar refractivity (Wildman–Crippen MR) is 129 cm³/mol. The molecule has 0 aliphatic heterocycles. The fourth-order valence-corrected chi connectivity index (χ4v) is 4.14. The molecular formula is C25H29BrN2O4. The first kappa shape index (κ1) is 24.0. The number of hydrogen-bond acceptors (Lipinski definition) is 5. The Kier molecular flexibility index (Phi) is 7.39. The minimum absolute atomic E-state index is 0.0552. The summed E-state index contributed by atoms with van der Waals surface area (Å²) in [7, 11) is 0. The van der Waals surface area contributed by atoms with Crippen molar-refractivity contribution in [3.63, 3.8) is 0 Å². The van der Waals surface area contributed by atoms with Crippen molar-refractivity contribution in [3.05, 3.63) is 51.3 Å². The summed E-state index contributed by atoms with van der Waals surface area (Å²) in [4.78, 5) is 34.6. The highest BCUT2D eigenvalue weighted by Gasteiger charge is 2.32. The highest BCUT2D eigenvalue weighted by atomic mass is 79.9. The van der Waals surface area contributed by atoms with Gasteiger partial charge in [-0.05, 0) is 43.9 Å². The molecular weight excluding hydrogens is 472 g/mol. The third kappa shape index (κ3) is 4.58. The number of carbonyl (C=O) groups excluding carboxylic acids is 2. The number of esters is 2. The Morgan fingerprint density at radius 3 is 1.94 bits per heavy atom. The Bertz CT molecular complexity index is 1120. The van der Waals surface area contributed by atoms with E-state index in [9.17, 15) is 9.59 Å². The van der Waals surface area contributed by atoms with Crippen LogP contribution >= 0.6 is 15.9 Å². The number of benzene rings is 1. The van der Waals surface area contributed by atoms with Gasteiger partial charge in [0.25, 0.3) is 0 Å². The molecule has 1 aromatic carbocycles. The first-order valence-electron chi connectivity index (χ1n) is 10.9. The van der Waals surface area contributed by atoms with Gasteiger partial charge in [0.05, 0.1) is 35.7 Å². The molecule has 2 heterocycles. The minimum atomic E-state index is -0.501. The molecule has 0 atom stereocenters. The number of ether oxygens (including phenoxy) is 2. The van der Waals surface area contributed by atoms with Crippen LogP contribution in [-0.4, -0.2) is 35.1 Å². The minimum Gasteiger partial charge on any atom is -0.462 e. The lowest BCUT2D eigenvalue weighted by molar-refractivity contribution is 0.0523. The molecule has 0 saturated heterocycles. The molecule has 0 aliphatic carbocycles. The van der Waals surface area contributed by atoms with Gasteiger partial charge in [-0.3, -0.25) is 4.98 Å². The van der Waals surface area contributed by atoms with Crippen LogP contribution in [-0.2, 0) is 9.47 Å². The van der Waals surface area contributed by atoms with Gasteiger partial charge >= 0.3 is 11.9 Å². The summed E-state index contributed by atoms with van der Waals surface area (Å²) in [5.41, 5.74) is 3.84. The van der Waals surface area contributed by atoms with Crippen LogP contribution < -0.4 is 0 Å². The Morgan fingerprint density at radius 2 is 1.47 bits per heavy atom. The van der Waals surface area contributed by atoms with Crippen molar-refractivity contribution in [3.8, 4) is 11.3 Å². The molecule has 0 bridgehead atoms. The second-order valence-electron chi connectivity index (χ2n) is 8.17. The summed E-state index contributed by atoms with van der Waals surface area (Å²) in [5.74, 6) is -1.11. The van der Waals surface area contributed by atoms with Crippen LogP contribution in [0.5, 0.6) is 0 Å². The second kappa shape index (κ2) is 9.86. The van der Waals surface area contributed by atoms with E-state index in [1.54, 1.807) is 13.8 Å². The summed E-state index contributed by atoms with van der Waals surface area (Å²) in [6.45, 7) is 11.9. The zero-order chi connectivity index (χ0) is 23.6. The molecule has 0 spiro atoms. The average Bonchev–Trinajstić information content (AvgIpc) is 3.15. The molecule has 3 aromatic rings. The molecule has 0 amide bonds. The van der Waals surface area contributed by atoms with E-state index >= 15 is 0 Å². The lowest BCUT2D eigenvalue weighted by Gasteiger charge is -2.22. The molecule has 1 N–H and O–H groups in total. The Balaban J connectivity index is 2.49. The molecule has 2 aromatic heterocycles. The molecule has 3 rings (SSSR count). The van der Waals surface area contributed by atoms with Gasteiger partial charge in [0, 0.05) is 26.6 Å². The van der Waals surface area contributed by atoms with Crippen molar-refractivity contribution >= 4 is 38.8 Å². The van der Waals surface area contributed by atoms with Gasteiger partial charge in [0.15, 0.2) is 0 Å². The van der Waals surface area contributed by atoms with Crippen LogP contribution in [0.4, 0.5) is 0 Å². The topological polar surface area (TPSA) is 81.3 Å². The summed E-state index contributed by atoms with van der Waals surface area (Å²) in [6, 6.07) is 7.82. The van der Waals surface area contributed by atoms with Crippen molar-refractivity contribution in [1.29, 1.82) is 0 Å². The van der Waals surface area contributed by atoms with Crippen LogP contribution in [0.2, 0.25) is 0 Å². The van der Waals surface area contributed by atoms with Gasteiger partial charge in [-0.25, -0.2) is 9.59 Å². The van der Waals surface area contributed by atoms with Gasteiger partial charge in [0.1, 0.15) is 0 Å². The Hall–Kier alpha value is -2.67. The smallest absolute Gasteiger partial charge is 0.340 e. The molecule has 0 unspecified atom stereocenters. The van der Waals surface area contributed by atoms with Gasteiger partial charge in [0.2, 0.25) is 0 Å². The third-order valence-corrected chi connectivity index (χ3v) is 5.65. The number of aromatic amines is 1. The highest BCUT2D eigenvalue weighted by Crippen LogP contribution is 2.38. The second-order valence-corrected chi connectivity index (χ2v) is 9.09. The van der Waals surface area contributed by atoms with Crippen LogP contribution in [0.1, 0.15) is 85.5 Å².